The van der Waals surface area contributed by atoms with Gasteiger partial charge in [0.1, 0.15) is 5.82 Å². The van der Waals surface area contributed by atoms with Gasteiger partial charge < -0.3 is 15.6 Å². The third-order valence-electron chi connectivity index (χ3n) is 4.63. The van der Waals surface area contributed by atoms with Gasteiger partial charge in [-0.1, -0.05) is 12.1 Å². The van der Waals surface area contributed by atoms with Crippen LogP contribution in [0.1, 0.15) is 37.5 Å². The third kappa shape index (κ3) is 4.51. The molecule has 0 aliphatic carbocycles. The average Bonchev–Trinajstić information content (AvgIpc) is 3.25. The molecule has 0 radical (unpaired) electrons. The van der Waals surface area contributed by atoms with Crippen LogP contribution in [0.3, 0.4) is 0 Å². The van der Waals surface area contributed by atoms with E-state index in [0.29, 0.717) is 12.3 Å². The van der Waals surface area contributed by atoms with Crippen molar-refractivity contribution in [2.75, 3.05) is 25.1 Å². The molecule has 1 aromatic heterocycles. The second kappa shape index (κ2) is 8.53. The van der Waals surface area contributed by atoms with Crippen LogP contribution in [0, 0.1) is 5.92 Å². The predicted molar refractivity (Wildman–Crippen MR) is 100 cm³/mol. The molecule has 0 saturated carbocycles. The van der Waals surface area contributed by atoms with Gasteiger partial charge in [0.15, 0.2) is 0 Å². The van der Waals surface area contributed by atoms with Crippen molar-refractivity contribution in [1.29, 1.82) is 0 Å². The van der Waals surface area contributed by atoms with Gasteiger partial charge in [0.05, 0.1) is 17.1 Å². The number of nitrogens with one attached hydrogen (secondary N) is 3. The molecule has 1 saturated heterocycles. The number of nitrogens with zero attached hydrogens (tertiary/aromatic N) is 1. The molecule has 3 rings (SSSR count). The van der Waals surface area contributed by atoms with E-state index in [9.17, 15) is 4.79 Å². The van der Waals surface area contributed by atoms with Crippen LogP contribution in [-0.2, 0) is 4.79 Å². The molecule has 3 N–H and O–H groups in total. The first-order valence-corrected chi connectivity index (χ1v) is 10.1. The molecule has 2 aromatic rings. The molecule has 2 heterocycles. The summed E-state index contributed by atoms with van der Waals surface area (Å²) in [6, 6.07) is 7.95. The Labute approximate surface area is 147 Å². The summed E-state index contributed by atoms with van der Waals surface area (Å²) in [4.78, 5) is 20.4. The molecule has 1 aliphatic rings. The van der Waals surface area contributed by atoms with E-state index in [1.54, 1.807) is 11.8 Å². The minimum atomic E-state index is -0.0425. The third-order valence-corrected chi connectivity index (χ3v) is 5.27. The number of H-pyrrole nitrogens is 1. The highest BCUT2D eigenvalue weighted by Crippen LogP contribution is 2.21. The number of benzene rings is 1. The lowest BCUT2D eigenvalue weighted by atomic mass is 10.0. The largest absolute Gasteiger partial charge is 0.346 e. The van der Waals surface area contributed by atoms with Gasteiger partial charge in [-0.3, -0.25) is 4.79 Å². The maximum absolute atomic E-state index is 12.4. The zero-order valence-electron chi connectivity index (χ0n) is 14.2. The number of rotatable bonds is 8. The second-order valence-electron chi connectivity index (χ2n) is 6.44. The molecule has 0 spiro atoms. The fraction of sp³-hybridized carbons (Fsp3) is 0.556. The van der Waals surface area contributed by atoms with Gasteiger partial charge >= 0.3 is 0 Å². The lowest BCUT2D eigenvalue weighted by molar-refractivity contribution is -0.122. The first-order chi connectivity index (χ1) is 11.8. The van der Waals surface area contributed by atoms with Crippen molar-refractivity contribution in [3.8, 4) is 0 Å². The van der Waals surface area contributed by atoms with E-state index in [-0.39, 0.29) is 11.9 Å². The van der Waals surface area contributed by atoms with E-state index < -0.39 is 0 Å². The van der Waals surface area contributed by atoms with Gasteiger partial charge in [0.2, 0.25) is 5.91 Å². The van der Waals surface area contributed by atoms with Crippen molar-refractivity contribution < 1.29 is 4.79 Å². The highest BCUT2D eigenvalue weighted by molar-refractivity contribution is 7.98. The zero-order chi connectivity index (χ0) is 16.8. The average molecular weight is 346 g/mol. The van der Waals surface area contributed by atoms with Crippen LogP contribution >= 0.6 is 11.8 Å². The van der Waals surface area contributed by atoms with Gasteiger partial charge in [-0.05, 0) is 62.4 Å². The highest BCUT2D eigenvalue weighted by Gasteiger charge is 2.20. The van der Waals surface area contributed by atoms with Gasteiger partial charge in [0, 0.05) is 6.42 Å². The van der Waals surface area contributed by atoms with E-state index in [1.807, 2.05) is 24.3 Å². The summed E-state index contributed by atoms with van der Waals surface area (Å²) in [5.41, 5.74) is 1.97. The van der Waals surface area contributed by atoms with Crippen LogP contribution in [0.4, 0.5) is 0 Å². The predicted octanol–water partition coefficient (Wildman–Crippen LogP) is 2.86. The number of fused-ring (bicyclic) bond motifs is 1. The summed E-state index contributed by atoms with van der Waals surface area (Å²) in [5, 5.41) is 6.54. The van der Waals surface area contributed by atoms with Crippen LogP contribution in [-0.4, -0.2) is 41.0 Å². The lowest BCUT2D eigenvalue weighted by Gasteiger charge is -2.17. The SMILES string of the molecule is CSCCC(NC(=O)CCC1CCNC1)c1nc2ccccc2[nH]1. The Balaban J connectivity index is 1.62. The van der Waals surface area contributed by atoms with Crippen LogP contribution in [0.15, 0.2) is 24.3 Å². The summed E-state index contributed by atoms with van der Waals surface area (Å²) < 4.78 is 0. The highest BCUT2D eigenvalue weighted by atomic mass is 32.2. The van der Waals surface area contributed by atoms with E-state index in [2.05, 4.69) is 26.9 Å². The Morgan fingerprint density at radius 1 is 1.46 bits per heavy atom. The maximum atomic E-state index is 12.4. The van der Waals surface area contributed by atoms with Crippen LogP contribution < -0.4 is 10.6 Å². The number of thioether (sulfide) groups is 1. The second-order valence-corrected chi connectivity index (χ2v) is 7.42. The molecular formula is C18H26N4OS. The maximum Gasteiger partial charge on any atom is 0.220 e. The number of hydrogen-bond acceptors (Lipinski definition) is 4. The smallest absolute Gasteiger partial charge is 0.220 e. The van der Waals surface area contributed by atoms with Gasteiger partial charge in [-0.15, -0.1) is 0 Å². The number of aromatic amines is 1. The Kier molecular flexibility index (Phi) is 6.15. The molecule has 6 heteroatoms. The fourth-order valence-corrected chi connectivity index (χ4v) is 3.68. The summed E-state index contributed by atoms with van der Waals surface area (Å²) in [5.74, 6) is 2.63. The molecule has 2 unspecified atom stereocenters. The molecule has 1 fully saturated rings. The monoisotopic (exact) mass is 346 g/mol. The quantitative estimate of drug-likeness (QED) is 0.687. The van der Waals surface area contributed by atoms with Crippen molar-refractivity contribution in [3.05, 3.63) is 30.1 Å². The lowest BCUT2D eigenvalue weighted by Crippen LogP contribution is -2.30. The Bertz CT molecular complexity index is 633. The van der Waals surface area contributed by atoms with Crippen LogP contribution in [0.5, 0.6) is 0 Å². The summed E-state index contributed by atoms with van der Waals surface area (Å²) in [6.45, 7) is 2.13. The fourth-order valence-electron chi connectivity index (χ4n) is 3.21. The Morgan fingerprint density at radius 3 is 3.08 bits per heavy atom. The molecular weight excluding hydrogens is 320 g/mol. The minimum Gasteiger partial charge on any atom is -0.346 e. The standard InChI is InChI=1S/C18H26N4OS/c1-24-11-9-16(18-21-14-4-2-3-5-15(14)22-18)20-17(23)7-6-13-8-10-19-12-13/h2-5,13,16,19H,6-12H2,1H3,(H,20,23)(H,21,22). The number of hydrogen-bond donors (Lipinski definition) is 3. The molecule has 5 nitrogen and oxygen atoms in total. The molecule has 24 heavy (non-hydrogen) atoms. The Hall–Kier alpha value is -1.53. The summed E-state index contributed by atoms with van der Waals surface area (Å²) >= 11 is 1.79. The minimum absolute atomic E-state index is 0.0425. The molecule has 130 valence electrons. The molecule has 1 aliphatic heterocycles. The van der Waals surface area contributed by atoms with E-state index in [4.69, 9.17) is 0 Å². The first kappa shape index (κ1) is 17.3. The Morgan fingerprint density at radius 2 is 2.33 bits per heavy atom. The van der Waals surface area contributed by atoms with E-state index >= 15 is 0 Å². The molecule has 1 amide bonds. The van der Waals surface area contributed by atoms with Crippen molar-refractivity contribution in [2.45, 2.75) is 31.7 Å². The molecule has 0 bridgehead atoms. The first-order valence-electron chi connectivity index (χ1n) is 8.70. The van der Waals surface area contributed by atoms with E-state index in [0.717, 1.165) is 48.5 Å². The van der Waals surface area contributed by atoms with Gasteiger partial charge in [-0.25, -0.2) is 4.98 Å². The number of carbonyl (C=O) groups excluding carboxylic acids is 1. The van der Waals surface area contributed by atoms with Crippen molar-refractivity contribution in [2.24, 2.45) is 5.92 Å². The summed E-state index contributed by atoms with van der Waals surface area (Å²) in [6.07, 6.45) is 5.73. The normalized spacial score (nSPS) is 18.8. The topological polar surface area (TPSA) is 69.8 Å². The molecule has 1 aromatic carbocycles. The van der Waals surface area contributed by atoms with Gasteiger partial charge in [0.25, 0.3) is 0 Å². The van der Waals surface area contributed by atoms with Crippen LogP contribution in [0.2, 0.25) is 0 Å². The van der Waals surface area contributed by atoms with Crippen LogP contribution in [0.25, 0.3) is 11.0 Å². The van der Waals surface area contributed by atoms with Crippen molar-refractivity contribution >= 4 is 28.7 Å². The van der Waals surface area contributed by atoms with Gasteiger partial charge in [-0.2, -0.15) is 11.8 Å². The number of carbonyl (C=O) groups is 1. The number of para-hydroxylation sites is 2. The molecule has 2 atom stereocenters. The number of amides is 1. The van der Waals surface area contributed by atoms with Crippen molar-refractivity contribution in [1.82, 2.24) is 20.6 Å². The number of aromatic nitrogens is 2. The van der Waals surface area contributed by atoms with E-state index in [1.165, 1.54) is 6.42 Å². The number of imidazole rings is 1. The zero-order valence-corrected chi connectivity index (χ0v) is 15.0. The summed E-state index contributed by atoms with van der Waals surface area (Å²) in [7, 11) is 0. The van der Waals surface area contributed by atoms with Crippen molar-refractivity contribution in [3.63, 3.8) is 0 Å².